The van der Waals surface area contributed by atoms with Gasteiger partial charge in [0.15, 0.2) is 0 Å². The highest BCUT2D eigenvalue weighted by Crippen LogP contribution is 2.25. The van der Waals surface area contributed by atoms with Crippen molar-refractivity contribution in [1.29, 1.82) is 0 Å². The molecule has 2 N–H and O–H groups in total. The molecular formula is C21H19NO3. The Kier molecular flexibility index (Phi) is 5.00. The molecule has 4 nitrogen and oxygen atoms in total. The summed E-state index contributed by atoms with van der Waals surface area (Å²) < 4.78 is 10.9. The van der Waals surface area contributed by atoms with Crippen molar-refractivity contribution in [2.45, 2.75) is 6.61 Å². The molecule has 3 rings (SSSR count). The van der Waals surface area contributed by atoms with Crippen LogP contribution in [0.4, 0.5) is 0 Å². The van der Waals surface area contributed by atoms with Crippen LogP contribution in [0.2, 0.25) is 0 Å². The van der Waals surface area contributed by atoms with E-state index >= 15 is 0 Å². The van der Waals surface area contributed by atoms with Crippen LogP contribution in [0.25, 0.3) is 11.1 Å². The van der Waals surface area contributed by atoms with Gasteiger partial charge in [-0.1, -0.05) is 54.6 Å². The summed E-state index contributed by atoms with van der Waals surface area (Å²) in [7, 11) is 1.54. The van der Waals surface area contributed by atoms with Gasteiger partial charge in [-0.3, -0.25) is 4.79 Å². The number of hydrogen-bond donors (Lipinski definition) is 1. The van der Waals surface area contributed by atoms with E-state index in [1.54, 1.807) is 18.2 Å². The molecule has 0 bridgehead atoms. The molecule has 0 unspecified atom stereocenters. The highest BCUT2D eigenvalue weighted by molar-refractivity contribution is 5.96. The number of carbonyl (C=O) groups excluding carboxylic acids is 1. The molecule has 0 spiro atoms. The maximum atomic E-state index is 11.6. The fourth-order valence-corrected chi connectivity index (χ4v) is 2.54. The molecule has 0 aromatic heterocycles. The number of ether oxygens (including phenoxy) is 2. The molecule has 0 aliphatic rings. The largest absolute Gasteiger partial charge is 0.497 e. The molecule has 1 amide bonds. The second-order valence-corrected chi connectivity index (χ2v) is 5.58. The zero-order valence-electron chi connectivity index (χ0n) is 13.9. The average molecular weight is 333 g/mol. The lowest BCUT2D eigenvalue weighted by Crippen LogP contribution is -2.13. The first kappa shape index (κ1) is 16.6. The number of amides is 1. The summed E-state index contributed by atoms with van der Waals surface area (Å²) in [6, 6.07) is 23.3. The van der Waals surface area contributed by atoms with Gasteiger partial charge in [-0.05, 0) is 34.9 Å². The third-order valence-corrected chi connectivity index (χ3v) is 3.91. The van der Waals surface area contributed by atoms with Crippen molar-refractivity contribution in [3.05, 3.63) is 83.9 Å². The van der Waals surface area contributed by atoms with Crippen molar-refractivity contribution in [1.82, 2.24) is 0 Å². The molecule has 0 atom stereocenters. The molecule has 0 saturated heterocycles. The molecule has 4 heteroatoms. The third-order valence-electron chi connectivity index (χ3n) is 3.91. The van der Waals surface area contributed by atoms with Crippen LogP contribution >= 0.6 is 0 Å². The van der Waals surface area contributed by atoms with Crippen LogP contribution < -0.4 is 15.2 Å². The number of methoxy groups -OCH3 is 1. The Bertz CT molecular complexity index is 858. The Labute approximate surface area is 146 Å². The van der Waals surface area contributed by atoms with Crippen LogP contribution in [0, 0.1) is 0 Å². The van der Waals surface area contributed by atoms with Crippen LogP contribution in [0.15, 0.2) is 72.8 Å². The summed E-state index contributed by atoms with van der Waals surface area (Å²) in [5, 5.41) is 0. The van der Waals surface area contributed by atoms with Crippen LogP contribution in [-0.4, -0.2) is 13.0 Å². The fraction of sp³-hybridized carbons (Fsp3) is 0.0952. The normalized spacial score (nSPS) is 10.3. The first-order valence-corrected chi connectivity index (χ1v) is 7.92. The molecule has 0 aliphatic heterocycles. The zero-order chi connectivity index (χ0) is 17.6. The Morgan fingerprint density at radius 2 is 1.60 bits per heavy atom. The molecule has 0 radical (unpaired) electrons. The van der Waals surface area contributed by atoms with E-state index in [1.165, 1.54) is 12.7 Å². The maximum absolute atomic E-state index is 11.6. The van der Waals surface area contributed by atoms with E-state index in [9.17, 15) is 4.79 Å². The average Bonchev–Trinajstić information content (AvgIpc) is 2.67. The van der Waals surface area contributed by atoms with Crippen molar-refractivity contribution in [2.75, 3.05) is 7.11 Å². The molecule has 3 aromatic carbocycles. The topological polar surface area (TPSA) is 61.6 Å². The first-order valence-electron chi connectivity index (χ1n) is 7.92. The van der Waals surface area contributed by atoms with E-state index in [4.69, 9.17) is 15.2 Å². The lowest BCUT2D eigenvalue weighted by Gasteiger charge is -2.11. The summed E-state index contributed by atoms with van der Waals surface area (Å²) in [6.45, 7) is 0.349. The molecule has 0 heterocycles. The minimum atomic E-state index is -0.548. The summed E-state index contributed by atoms with van der Waals surface area (Å²) in [5.41, 5.74) is 9.04. The van der Waals surface area contributed by atoms with Crippen molar-refractivity contribution in [3.8, 4) is 22.6 Å². The van der Waals surface area contributed by atoms with Crippen molar-refractivity contribution >= 4 is 5.91 Å². The van der Waals surface area contributed by atoms with Gasteiger partial charge in [-0.15, -0.1) is 0 Å². The van der Waals surface area contributed by atoms with Gasteiger partial charge in [0.25, 0.3) is 5.91 Å². The highest BCUT2D eigenvalue weighted by atomic mass is 16.5. The van der Waals surface area contributed by atoms with Crippen LogP contribution in [0.1, 0.15) is 15.9 Å². The maximum Gasteiger partial charge on any atom is 0.252 e. The van der Waals surface area contributed by atoms with Gasteiger partial charge in [0, 0.05) is 0 Å². The second kappa shape index (κ2) is 7.53. The summed E-state index contributed by atoms with van der Waals surface area (Å²) in [6.07, 6.45) is 0. The van der Waals surface area contributed by atoms with Crippen molar-refractivity contribution in [2.24, 2.45) is 5.73 Å². The van der Waals surface area contributed by atoms with Crippen molar-refractivity contribution < 1.29 is 14.3 Å². The van der Waals surface area contributed by atoms with Gasteiger partial charge in [0.1, 0.15) is 18.1 Å². The Hall–Kier alpha value is -3.27. The standard InChI is InChI=1S/C21H19NO3/c1-24-18-11-12-20(19(13-18)21(22)23)25-14-15-7-9-17(10-8-15)16-5-3-2-4-6-16/h2-13H,14H2,1H3,(H2,22,23). The van der Waals surface area contributed by atoms with Gasteiger partial charge >= 0.3 is 0 Å². The Balaban J connectivity index is 1.73. The summed E-state index contributed by atoms with van der Waals surface area (Å²) in [4.78, 5) is 11.6. The number of primary amides is 1. The number of rotatable bonds is 6. The van der Waals surface area contributed by atoms with E-state index in [2.05, 4.69) is 24.3 Å². The van der Waals surface area contributed by atoms with Crippen LogP contribution in [0.5, 0.6) is 11.5 Å². The van der Waals surface area contributed by atoms with Gasteiger partial charge in [0.2, 0.25) is 0 Å². The summed E-state index contributed by atoms with van der Waals surface area (Å²) >= 11 is 0. The lowest BCUT2D eigenvalue weighted by molar-refractivity contribution is 0.0995. The van der Waals surface area contributed by atoms with E-state index in [0.29, 0.717) is 23.7 Å². The predicted molar refractivity (Wildman–Crippen MR) is 97.7 cm³/mol. The number of carbonyl (C=O) groups is 1. The SMILES string of the molecule is COc1ccc(OCc2ccc(-c3ccccc3)cc2)c(C(N)=O)c1. The minimum Gasteiger partial charge on any atom is -0.497 e. The second-order valence-electron chi connectivity index (χ2n) is 5.58. The van der Waals surface area contributed by atoms with E-state index in [-0.39, 0.29) is 0 Å². The lowest BCUT2D eigenvalue weighted by atomic mass is 10.0. The van der Waals surface area contributed by atoms with Crippen LogP contribution in [-0.2, 0) is 6.61 Å². The van der Waals surface area contributed by atoms with E-state index in [0.717, 1.165) is 11.1 Å². The quantitative estimate of drug-likeness (QED) is 0.740. The van der Waals surface area contributed by atoms with Crippen molar-refractivity contribution in [3.63, 3.8) is 0 Å². The van der Waals surface area contributed by atoms with Gasteiger partial charge in [-0.2, -0.15) is 0 Å². The molecule has 3 aromatic rings. The first-order chi connectivity index (χ1) is 12.2. The third kappa shape index (κ3) is 3.98. The van der Waals surface area contributed by atoms with Gasteiger partial charge in [0.05, 0.1) is 12.7 Å². The fourth-order valence-electron chi connectivity index (χ4n) is 2.54. The van der Waals surface area contributed by atoms with Gasteiger partial charge < -0.3 is 15.2 Å². The zero-order valence-corrected chi connectivity index (χ0v) is 13.9. The molecule has 0 aliphatic carbocycles. The monoisotopic (exact) mass is 333 g/mol. The molecule has 0 saturated carbocycles. The summed E-state index contributed by atoms with van der Waals surface area (Å²) in [5.74, 6) is 0.460. The Morgan fingerprint density at radius 1 is 0.920 bits per heavy atom. The van der Waals surface area contributed by atoms with Gasteiger partial charge in [-0.25, -0.2) is 0 Å². The predicted octanol–water partition coefficient (Wildman–Crippen LogP) is 4.04. The molecule has 0 fully saturated rings. The minimum absolute atomic E-state index is 0.306. The molecular weight excluding hydrogens is 314 g/mol. The molecule has 25 heavy (non-hydrogen) atoms. The smallest absolute Gasteiger partial charge is 0.252 e. The number of hydrogen-bond acceptors (Lipinski definition) is 3. The number of benzene rings is 3. The Morgan fingerprint density at radius 3 is 2.24 bits per heavy atom. The van der Waals surface area contributed by atoms with Crippen LogP contribution in [0.3, 0.4) is 0 Å². The van der Waals surface area contributed by atoms with E-state index < -0.39 is 5.91 Å². The molecule has 126 valence electrons. The van der Waals surface area contributed by atoms with E-state index in [1.807, 2.05) is 30.3 Å². The number of nitrogens with two attached hydrogens (primary N) is 1. The highest BCUT2D eigenvalue weighted by Gasteiger charge is 2.11.